The number of carbonyl (C=O) groups excluding carboxylic acids is 2. The van der Waals surface area contributed by atoms with Crippen LogP contribution in [0.15, 0.2) is 83.0 Å². The van der Waals surface area contributed by atoms with Gasteiger partial charge in [0.05, 0.1) is 16.9 Å². The van der Waals surface area contributed by atoms with Crippen LogP contribution in [-0.2, 0) is 4.84 Å². The third-order valence-corrected chi connectivity index (χ3v) is 3.98. The van der Waals surface area contributed by atoms with Crippen LogP contribution in [0.1, 0.15) is 26.3 Å². The number of anilines is 1. The minimum absolute atomic E-state index is 0.359. The van der Waals surface area contributed by atoms with Crippen LogP contribution in [0.5, 0.6) is 0 Å². The van der Waals surface area contributed by atoms with Crippen molar-refractivity contribution >= 4 is 34.9 Å². The molecule has 140 valence electrons. The van der Waals surface area contributed by atoms with E-state index in [1.807, 2.05) is 19.1 Å². The molecule has 0 unspecified atom stereocenters. The molecule has 0 aliphatic rings. The largest absolute Gasteiger partial charge is 0.362 e. The highest BCUT2D eigenvalue weighted by atomic mass is 35.5. The number of aryl methyl sites for hydroxylation is 1. The van der Waals surface area contributed by atoms with Gasteiger partial charge in [0.15, 0.2) is 0 Å². The van der Waals surface area contributed by atoms with Gasteiger partial charge in [-0.3, -0.25) is 4.79 Å². The number of azo groups is 1. The first kappa shape index (κ1) is 19.3. The fourth-order valence-corrected chi connectivity index (χ4v) is 2.42. The summed E-state index contributed by atoms with van der Waals surface area (Å²) in [5.74, 6) is -0.979. The van der Waals surface area contributed by atoms with Gasteiger partial charge in [-0.1, -0.05) is 35.4 Å². The predicted molar refractivity (Wildman–Crippen MR) is 107 cm³/mol. The number of carbonyl (C=O) groups is 2. The standard InChI is InChI=1S/C21H16ClN3O3/c1-14-5-7-15(8-6-14)21(27)28-25-19-11-9-18(10-12-19)23-24-20(26)16-3-2-4-17(22)13-16/h2-13,25H,1H3. The second kappa shape index (κ2) is 8.92. The highest BCUT2D eigenvalue weighted by Gasteiger charge is 2.07. The van der Waals surface area contributed by atoms with Crippen molar-refractivity contribution in [2.75, 3.05) is 5.48 Å². The number of nitrogens with one attached hydrogen (secondary N) is 1. The van der Waals surface area contributed by atoms with Crippen molar-refractivity contribution in [2.45, 2.75) is 6.92 Å². The Balaban J connectivity index is 1.56. The van der Waals surface area contributed by atoms with Crippen molar-refractivity contribution in [1.29, 1.82) is 0 Å². The van der Waals surface area contributed by atoms with Crippen LogP contribution in [0.3, 0.4) is 0 Å². The number of nitrogens with zero attached hydrogens (tertiary/aromatic N) is 2. The van der Waals surface area contributed by atoms with Gasteiger partial charge in [-0.2, -0.15) is 0 Å². The van der Waals surface area contributed by atoms with Gasteiger partial charge in [0, 0.05) is 10.6 Å². The van der Waals surface area contributed by atoms with E-state index in [-0.39, 0.29) is 0 Å². The molecule has 0 spiro atoms. The Kier molecular flexibility index (Phi) is 6.14. The van der Waals surface area contributed by atoms with Gasteiger partial charge >= 0.3 is 5.97 Å². The molecule has 0 heterocycles. The first-order valence-corrected chi connectivity index (χ1v) is 8.74. The van der Waals surface area contributed by atoms with E-state index in [0.29, 0.717) is 27.5 Å². The average molecular weight is 394 g/mol. The molecule has 1 amide bonds. The van der Waals surface area contributed by atoms with Crippen molar-refractivity contribution in [2.24, 2.45) is 10.2 Å². The lowest BCUT2D eigenvalue weighted by atomic mass is 10.2. The number of amides is 1. The van der Waals surface area contributed by atoms with Crippen LogP contribution in [0.25, 0.3) is 0 Å². The Labute approximate surface area is 166 Å². The molecule has 28 heavy (non-hydrogen) atoms. The van der Waals surface area contributed by atoms with Gasteiger partial charge in [0.25, 0.3) is 5.91 Å². The van der Waals surface area contributed by atoms with Crippen molar-refractivity contribution in [1.82, 2.24) is 0 Å². The summed E-state index contributed by atoms with van der Waals surface area (Å²) in [5, 5.41) is 8.03. The third kappa shape index (κ3) is 5.25. The molecular formula is C21H16ClN3O3. The summed E-state index contributed by atoms with van der Waals surface area (Å²) in [6.45, 7) is 1.94. The lowest BCUT2D eigenvalue weighted by Crippen LogP contribution is -2.10. The summed E-state index contributed by atoms with van der Waals surface area (Å²) < 4.78 is 0. The first-order chi connectivity index (χ1) is 13.5. The summed E-state index contributed by atoms with van der Waals surface area (Å²) in [6.07, 6.45) is 0. The van der Waals surface area contributed by atoms with Crippen LogP contribution in [0.4, 0.5) is 11.4 Å². The van der Waals surface area contributed by atoms with Gasteiger partial charge < -0.3 is 4.84 Å². The van der Waals surface area contributed by atoms with E-state index in [4.69, 9.17) is 16.4 Å². The Hall–Kier alpha value is -3.51. The molecule has 0 aliphatic carbocycles. The number of hydrogen-bond donors (Lipinski definition) is 1. The van der Waals surface area contributed by atoms with Gasteiger partial charge in [-0.05, 0) is 61.5 Å². The fourth-order valence-electron chi connectivity index (χ4n) is 2.23. The molecule has 6 nitrogen and oxygen atoms in total. The monoisotopic (exact) mass is 393 g/mol. The van der Waals surface area contributed by atoms with Gasteiger partial charge in [-0.25, -0.2) is 10.3 Å². The molecule has 3 rings (SSSR count). The molecule has 0 fully saturated rings. The number of rotatable bonds is 5. The minimum Gasteiger partial charge on any atom is -0.338 e. The van der Waals surface area contributed by atoms with Crippen LogP contribution in [0, 0.1) is 6.92 Å². The van der Waals surface area contributed by atoms with E-state index in [0.717, 1.165) is 5.56 Å². The van der Waals surface area contributed by atoms with Crippen LogP contribution >= 0.6 is 11.6 Å². The summed E-state index contributed by atoms with van der Waals surface area (Å²) >= 11 is 5.85. The molecule has 0 aliphatic heterocycles. The van der Waals surface area contributed by atoms with Crippen LogP contribution in [-0.4, -0.2) is 11.9 Å². The molecule has 0 saturated heterocycles. The normalized spacial score (nSPS) is 10.6. The van der Waals surface area contributed by atoms with E-state index < -0.39 is 11.9 Å². The highest BCUT2D eigenvalue weighted by Crippen LogP contribution is 2.18. The smallest absolute Gasteiger partial charge is 0.338 e. The number of benzene rings is 3. The van der Waals surface area contributed by atoms with Crippen molar-refractivity contribution in [3.05, 3.63) is 94.5 Å². The maximum absolute atomic E-state index is 12.0. The Morgan fingerprint density at radius 1 is 0.929 bits per heavy atom. The summed E-state index contributed by atoms with van der Waals surface area (Å²) in [6, 6.07) is 20.1. The van der Waals surface area contributed by atoms with Gasteiger partial charge in [-0.15, -0.1) is 10.2 Å². The second-order valence-electron chi connectivity index (χ2n) is 5.92. The van der Waals surface area contributed by atoms with Crippen LogP contribution < -0.4 is 5.48 Å². The first-order valence-electron chi connectivity index (χ1n) is 8.37. The van der Waals surface area contributed by atoms with Crippen molar-refractivity contribution in [3.8, 4) is 0 Å². The number of halogens is 1. The topological polar surface area (TPSA) is 80.1 Å². The number of hydrogen-bond acceptors (Lipinski definition) is 5. The van der Waals surface area contributed by atoms with Gasteiger partial charge in [0.1, 0.15) is 0 Å². The third-order valence-electron chi connectivity index (χ3n) is 3.74. The van der Waals surface area contributed by atoms with Crippen molar-refractivity contribution in [3.63, 3.8) is 0 Å². The fraction of sp³-hybridized carbons (Fsp3) is 0.0476. The van der Waals surface area contributed by atoms with E-state index in [9.17, 15) is 9.59 Å². The van der Waals surface area contributed by atoms with Gasteiger partial charge in [0.2, 0.25) is 0 Å². The highest BCUT2D eigenvalue weighted by molar-refractivity contribution is 6.30. The Morgan fingerprint density at radius 3 is 2.32 bits per heavy atom. The quantitative estimate of drug-likeness (QED) is 0.441. The molecule has 0 bridgehead atoms. The summed E-state index contributed by atoms with van der Waals surface area (Å²) in [4.78, 5) is 29.0. The lowest BCUT2D eigenvalue weighted by molar-refractivity contribution is 0.0596. The zero-order valence-corrected chi connectivity index (χ0v) is 15.7. The molecule has 0 aromatic heterocycles. The molecule has 3 aromatic rings. The van der Waals surface area contributed by atoms with E-state index in [1.54, 1.807) is 54.6 Å². The Bertz CT molecular complexity index is 1020. The van der Waals surface area contributed by atoms with E-state index in [2.05, 4.69) is 15.7 Å². The molecule has 1 N–H and O–H groups in total. The summed E-state index contributed by atoms with van der Waals surface area (Å²) in [7, 11) is 0. The van der Waals surface area contributed by atoms with Crippen molar-refractivity contribution < 1.29 is 14.4 Å². The van der Waals surface area contributed by atoms with Crippen LogP contribution in [0.2, 0.25) is 5.02 Å². The molecule has 0 atom stereocenters. The zero-order valence-electron chi connectivity index (χ0n) is 14.9. The zero-order chi connectivity index (χ0) is 19.9. The lowest BCUT2D eigenvalue weighted by Gasteiger charge is -2.07. The average Bonchev–Trinajstić information content (AvgIpc) is 2.71. The Morgan fingerprint density at radius 2 is 1.64 bits per heavy atom. The molecule has 0 saturated carbocycles. The van der Waals surface area contributed by atoms with E-state index in [1.165, 1.54) is 6.07 Å². The molecular weight excluding hydrogens is 378 g/mol. The van der Waals surface area contributed by atoms with E-state index >= 15 is 0 Å². The molecule has 3 aromatic carbocycles. The molecule has 0 radical (unpaired) electrons. The summed E-state index contributed by atoms with van der Waals surface area (Å²) in [5.41, 5.74) is 5.48. The minimum atomic E-state index is -0.490. The maximum atomic E-state index is 12.0. The SMILES string of the molecule is Cc1ccc(C(=O)ONc2ccc(N=NC(=O)c3cccc(Cl)c3)cc2)cc1. The maximum Gasteiger partial charge on any atom is 0.362 e. The second-order valence-corrected chi connectivity index (χ2v) is 6.36. The predicted octanol–water partition coefficient (Wildman–Crippen LogP) is 5.76. The molecule has 7 heteroatoms.